The molecule has 2 atom stereocenters. The first-order valence-electron chi connectivity index (χ1n) is 8.41. The zero-order chi connectivity index (χ0) is 18.2. The van der Waals surface area contributed by atoms with Gasteiger partial charge in [0.2, 0.25) is 0 Å². The molecule has 1 aliphatic rings. The first-order valence-corrected chi connectivity index (χ1v) is 8.41. The van der Waals surface area contributed by atoms with Crippen molar-refractivity contribution in [1.82, 2.24) is 10.6 Å². The lowest BCUT2D eigenvalue weighted by Gasteiger charge is -2.29. The van der Waals surface area contributed by atoms with Crippen molar-refractivity contribution in [2.75, 3.05) is 13.7 Å². The first-order chi connectivity index (χ1) is 12.0. The number of urea groups is 1. The van der Waals surface area contributed by atoms with Gasteiger partial charge in [0.25, 0.3) is 5.91 Å². The molecule has 0 aliphatic heterocycles. The van der Waals surface area contributed by atoms with Gasteiger partial charge in [-0.25, -0.2) is 9.59 Å². The van der Waals surface area contributed by atoms with Gasteiger partial charge < -0.3 is 14.8 Å². The van der Waals surface area contributed by atoms with E-state index in [4.69, 9.17) is 9.47 Å². The van der Waals surface area contributed by atoms with Crippen molar-refractivity contribution in [2.45, 2.75) is 38.6 Å². The summed E-state index contributed by atoms with van der Waals surface area (Å²) in [6.45, 7) is 1.55. The van der Waals surface area contributed by atoms with E-state index in [-0.39, 0.29) is 11.6 Å². The number of ether oxygens (including phenoxy) is 2. The minimum atomic E-state index is -0.686. The fourth-order valence-corrected chi connectivity index (χ4v) is 2.92. The minimum Gasteiger partial charge on any atom is -0.496 e. The van der Waals surface area contributed by atoms with Gasteiger partial charge in [-0.3, -0.25) is 10.1 Å². The average molecular weight is 348 g/mol. The number of rotatable bonds is 5. The summed E-state index contributed by atoms with van der Waals surface area (Å²) in [5, 5.41) is 4.99. The third-order valence-corrected chi connectivity index (χ3v) is 4.34. The molecule has 25 heavy (non-hydrogen) atoms. The lowest BCUT2D eigenvalue weighted by atomic mass is 9.86. The van der Waals surface area contributed by atoms with E-state index in [1.165, 1.54) is 19.6 Å². The Morgan fingerprint density at radius 1 is 1.16 bits per heavy atom. The number of methoxy groups -OCH3 is 1. The number of hydrogen-bond acceptors (Lipinski definition) is 5. The highest BCUT2D eigenvalue weighted by Gasteiger charge is 2.23. The number of benzene rings is 1. The Labute approximate surface area is 147 Å². The van der Waals surface area contributed by atoms with Crippen LogP contribution < -0.4 is 15.4 Å². The highest BCUT2D eigenvalue weighted by molar-refractivity contribution is 5.97. The zero-order valence-electron chi connectivity index (χ0n) is 14.5. The van der Waals surface area contributed by atoms with Crippen LogP contribution in [-0.2, 0) is 9.53 Å². The molecule has 1 aromatic rings. The first kappa shape index (κ1) is 18.8. The van der Waals surface area contributed by atoms with Crippen LogP contribution in [0.4, 0.5) is 4.79 Å². The Kier molecular flexibility index (Phi) is 6.80. The molecule has 0 saturated heterocycles. The van der Waals surface area contributed by atoms with Gasteiger partial charge in [0.15, 0.2) is 6.61 Å². The molecule has 1 saturated carbocycles. The number of carbonyl (C=O) groups is 3. The topological polar surface area (TPSA) is 93.7 Å². The van der Waals surface area contributed by atoms with Gasteiger partial charge in [0.1, 0.15) is 11.3 Å². The summed E-state index contributed by atoms with van der Waals surface area (Å²) in [4.78, 5) is 35.7. The molecule has 0 aromatic heterocycles. The summed E-state index contributed by atoms with van der Waals surface area (Å²) in [6.07, 6.45) is 4.21. The Morgan fingerprint density at radius 3 is 2.60 bits per heavy atom. The number of carbonyl (C=O) groups excluding carboxylic acids is 3. The molecule has 0 radical (unpaired) electrons. The fourth-order valence-electron chi connectivity index (χ4n) is 2.92. The van der Waals surface area contributed by atoms with Crippen molar-refractivity contribution in [1.29, 1.82) is 0 Å². The van der Waals surface area contributed by atoms with E-state index in [1.807, 2.05) is 0 Å². The molecule has 3 amide bonds. The zero-order valence-corrected chi connectivity index (χ0v) is 14.5. The van der Waals surface area contributed by atoms with Gasteiger partial charge in [-0.2, -0.15) is 0 Å². The molecule has 0 bridgehead atoms. The molecule has 0 spiro atoms. The number of amides is 3. The molecule has 0 unspecified atom stereocenters. The Balaban J connectivity index is 1.78. The maximum absolute atomic E-state index is 12.0. The quantitative estimate of drug-likeness (QED) is 0.796. The van der Waals surface area contributed by atoms with Crippen LogP contribution in [0.1, 0.15) is 43.0 Å². The second-order valence-corrected chi connectivity index (χ2v) is 6.17. The SMILES string of the molecule is COc1ccccc1C(=O)OCC(=O)NC(=O)N[C@H]1CCCC[C@H]1C. The van der Waals surface area contributed by atoms with Crippen molar-refractivity contribution in [3.63, 3.8) is 0 Å². The number of para-hydroxylation sites is 1. The van der Waals surface area contributed by atoms with Crippen molar-refractivity contribution in [2.24, 2.45) is 5.92 Å². The van der Waals surface area contributed by atoms with E-state index < -0.39 is 24.5 Å². The van der Waals surface area contributed by atoms with Crippen molar-refractivity contribution in [3.05, 3.63) is 29.8 Å². The van der Waals surface area contributed by atoms with Crippen LogP contribution in [0, 0.1) is 5.92 Å². The maximum atomic E-state index is 12.0. The van der Waals surface area contributed by atoms with E-state index in [0.29, 0.717) is 11.7 Å². The molecule has 7 heteroatoms. The Hall–Kier alpha value is -2.57. The average Bonchev–Trinajstić information content (AvgIpc) is 2.61. The van der Waals surface area contributed by atoms with Crippen LogP contribution in [0.15, 0.2) is 24.3 Å². The summed E-state index contributed by atoms with van der Waals surface area (Å²) in [7, 11) is 1.44. The van der Waals surface area contributed by atoms with Crippen LogP contribution in [0.2, 0.25) is 0 Å². The fraction of sp³-hybridized carbons (Fsp3) is 0.500. The molecule has 2 N–H and O–H groups in total. The Morgan fingerprint density at radius 2 is 1.88 bits per heavy atom. The summed E-state index contributed by atoms with van der Waals surface area (Å²) in [6, 6.07) is 6.05. The van der Waals surface area contributed by atoms with Crippen LogP contribution in [0.5, 0.6) is 5.75 Å². The van der Waals surface area contributed by atoms with Crippen molar-refractivity contribution in [3.8, 4) is 5.75 Å². The predicted octanol–water partition coefficient (Wildman–Crippen LogP) is 2.26. The molecule has 0 heterocycles. The van der Waals surface area contributed by atoms with E-state index in [2.05, 4.69) is 17.6 Å². The second kappa shape index (κ2) is 9.05. The van der Waals surface area contributed by atoms with Gasteiger partial charge in [0.05, 0.1) is 7.11 Å². The van der Waals surface area contributed by atoms with E-state index in [0.717, 1.165) is 19.3 Å². The molecule has 2 rings (SSSR count). The minimum absolute atomic E-state index is 0.0673. The lowest BCUT2D eigenvalue weighted by Crippen LogP contribution is -2.48. The van der Waals surface area contributed by atoms with E-state index >= 15 is 0 Å². The normalized spacial score (nSPS) is 19.6. The monoisotopic (exact) mass is 348 g/mol. The van der Waals surface area contributed by atoms with Crippen LogP contribution in [0.3, 0.4) is 0 Å². The molecular weight excluding hydrogens is 324 g/mol. The van der Waals surface area contributed by atoms with Gasteiger partial charge in [0, 0.05) is 6.04 Å². The number of imide groups is 1. The summed E-state index contributed by atoms with van der Waals surface area (Å²) in [5.74, 6) is -0.618. The van der Waals surface area contributed by atoms with Gasteiger partial charge in [-0.05, 0) is 30.9 Å². The molecule has 1 fully saturated rings. The molecule has 136 valence electrons. The largest absolute Gasteiger partial charge is 0.496 e. The highest BCUT2D eigenvalue weighted by Crippen LogP contribution is 2.23. The van der Waals surface area contributed by atoms with Gasteiger partial charge in [-0.1, -0.05) is 31.9 Å². The summed E-state index contributed by atoms with van der Waals surface area (Å²) >= 11 is 0. The second-order valence-electron chi connectivity index (χ2n) is 6.17. The Bertz CT molecular complexity index is 632. The third kappa shape index (κ3) is 5.48. The van der Waals surface area contributed by atoms with Gasteiger partial charge in [-0.15, -0.1) is 0 Å². The van der Waals surface area contributed by atoms with E-state index in [1.54, 1.807) is 18.2 Å². The van der Waals surface area contributed by atoms with Crippen molar-refractivity contribution >= 4 is 17.9 Å². The number of hydrogen-bond donors (Lipinski definition) is 2. The maximum Gasteiger partial charge on any atom is 0.342 e. The summed E-state index contributed by atoms with van der Waals surface area (Å²) in [5.41, 5.74) is 0.221. The van der Waals surface area contributed by atoms with Gasteiger partial charge >= 0.3 is 12.0 Å². The molecular formula is C18H24N2O5. The van der Waals surface area contributed by atoms with Crippen molar-refractivity contribution < 1.29 is 23.9 Å². The smallest absolute Gasteiger partial charge is 0.342 e. The number of esters is 1. The lowest BCUT2D eigenvalue weighted by molar-refractivity contribution is -0.123. The van der Waals surface area contributed by atoms with Crippen LogP contribution >= 0.6 is 0 Å². The van der Waals surface area contributed by atoms with Crippen LogP contribution in [0.25, 0.3) is 0 Å². The molecule has 7 nitrogen and oxygen atoms in total. The summed E-state index contributed by atoms with van der Waals surface area (Å²) < 4.78 is 10.0. The van der Waals surface area contributed by atoms with E-state index in [9.17, 15) is 14.4 Å². The molecule has 1 aromatic carbocycles. The van der Waals surface area contributed by atoms with Crippen LogP contribution in [-0.4, -0.2) is 37.7 Å². The molecule has 1 aliphatic carbocycles. The third-order valence-electron chi connectivity index (χ3n) is 4.34. The standard InChI is InChI=1S/C18H24N2O5/c1-12-7-3-5-9-14(12)19-18(23)20-16(21)11-25-17(22)13-8-4-6-10-15(13)24-2/h4,6,8,10,12,14H,3,5,7,9,11H2,1-2H3,(H2,19,20,21,23)/t12-,14+/m1/s1. The predicted molar refractivity (Wildman–Crippen MR) is 91.4 cm³/mol. The highest BCUT2D eigenvalue weighted by atomic mass is 16.5. The number of nitrogens with one attached hydrogen (secondary N) is 2.